The molecule has 0 amide bonds. The van der Waals surface area contributed by atoms with E-state index in [1.807, 2.05) is 48.5 Å². The van der Waals surface area contributed by atoms with E-state index in [1.165, 1.54) is 11.1 Å². The number of rotatable bonds is 8. The first kappa shape index (κ1) is 26.5. The van der Waals surface area contributed by atoms with Crippen LogP contribution in [0.15, 0.2) is 82.3 Å². The highest BCUT2D eigenvalue weighted by Gasteiger charge is 2.15. The van der Waals surface area contributed by atoms with E-state index in [4.69, 9.17) is 14.5 Å². The lowest BCUT2D eigenvalue weighted by molar-refractivity contribution is 0.405. The third-order valence-corrected chi connectivity index (χ3v) is 6.24. The Morgan fingerprint density at radius 3 is 1.78 bits per heavy atom. The summed E-state index contributed by atoms with van der Waals surface area (Å²) in [6.07, 6.45) is 0. The van der Waals surface area contributed by atoms with Crippen LogP contribution >= 0.6 is 51.7 Å². The maximum Gasteiger partial charge on any atom is 0.165 e. The van der Waals surface area contributed by atoms with Crippen molar-refractivity contribution in [2.45, 2.75) is 20.0 Å². The average molecular weight is 627 g/mol. The Balaban J connectivity index is 0.00000363. The first-order valence-corrected chi connectivity index (χ1v) is 11.9. The van der Waals surface area contributed by atoms with E-state index in [0.717, 1.165) is 45.7 Å². The third-order valence-electron chi connectivity index (χ3n) is 4.68. The van der Waals surface area contributed by atoms with Crippen molar-refractivity contribution in [2.24, 2.45) is 4.99 Å². The molecule has 3 rings (SSSR count). The number of hydrogen-bond acceptors (Lipinski definition) is 4. The molecule has 0 fully saturated rings. The summed E-state index contributed by atoms with van der Waals surface area (Å²) in [7, 11) is 3.37. The van der Waals surface area contributed by atoms with Gasteiger partial charge in [0, 0.05) is 17.6 Å². The second kappa shape index (κ2) is 13.7. The molecule has 0 heterocycles. The molecular weight excluding hydrogens is 599 g/mol. The van der Waals surface area contributed by atoms with Gasteiger partial charge in [0.05, 0.1) is 19.9 Å². The number of benzene rings is 3. The minimum Gasteiger partial charge on any atom is -0.497 e. The van der Waals surface area contributed by atoms with Crippen molar-refractivity contribution in [3.05, 3.63) is 88.4 Å². The van der Waals surface area contributed by atoms with Gasteiger partial charge in [0.2, 0.25) is 0 Å². The largest absolute Gasteiger partial charge is 0.497 e. The molecule has 4 nitrogen and oxygen atoms in total. The SMILES string of the molecule is CCSC(=Nc1ccccc1Br)N(Cc1ccc(OC)cc1)Cc1ccc(OC)cc1.I. The number of para-hydroxylation sites is 1. The van der Waals surface area contributed by atoms with Crippen LogP contribution in [0.3, 0.4) is 0 Å². The Morgan fingerprint density at radius 1 is 0.844 bits per heavy atom. The molecule has 0 atom stereocenters. The van der Waals surface area contributed by atoms with E-state index in [0.29, 0.717) is 0 Å². The normalized spacial score (nSPS) is 10.9. The summed E-state index contributed by atoms with van der Waals surface area (Å²) in [6, 6.07) is 24.5. The number of amidine groups is 1. The summed E-state index contributed by atoms with van der Waals surface area (Å²) in [5.74, 6) is 2.65. The van der Waals surface area contributed by atoms with Crippen LogP contribution in [0, 0.1) is 0 Å². The highest BCUT2D eigenvalue weighted by molar-refractivity contribution is 14.0. The molecule has 7 heteroatoms. The van der Waals surface area contributed by atoms with Gasteiger partial charge in [-0.3, -0.25) is 0 Å². The molecule has 0 aliphatic heterocycles. The van der Waals surface area contributed by atoms with E-state index < -0.39 is 0 Å². The molecule has 170 valence electrons. The number of thioether (sulfide) groups is 1. The van der Waals surface area contributed by atoms with Crippen molar-refractivity contribution in [3.63, 3.8) is 0 Å². The molecule has 3 aromatic rings. The molecule has 3 aromatic carbocycles. The smallest absolute Gasteiger partial charge is 0.165 e. The standard InChI is InChI=1S/C25H27BrN2O2S.HI/c1-4-31-25(27-24-8-6-5-7-23(24)26)28(17-19-9-13-21(29-2)14-10-19)18-20-11-15-22(30-3)16-12-20;/h5-16H,4,17-18H2,1-3H3;1H. The Bertz CT molecular complexity index is 948. The molecule has 32 heavy (non-hydrogen) atoms. The molecule has 0 bridgehead atoms. The maximum atomic E-state index is 5.31. The summed E-state index contributed by atoms with van der Waals surface area (Å²) in [6.45, 7) is 3.64. The van der Waals surface area contributed by atoms with E-state index in [1.54, 1.807) is 26.0 Å². The zero-order chi connectivity index (χ0) is 22.1. The first-order chi connectivity index (χ1) is 15.1. The van der Waals surface area contributed by atoms with Gasteiger partial charge in [0.15, 0.2) is 5.17 Å². The molecule has 0 N–H and O–H groups in total. The Hall–Kier alpha value is -1.71. The fourth-order valence-corrected chi connectivity index (χ4v) is 4.17. The van der Waals surface area contributed by atoms with Crippen LogP contribution in [0.5, 0.6) is 11.5 Å². The molecule has 0 spiro atoms. The van der Waals surface area contributed by atoms with Gasteiger partial charge in [-0.1, -0.05) is 55.1 Å². The minimum atomic E-state index is 0. The summed E-state index contributed by atoms with van der Waals surface area (Å²) in [5, 5.41) is 0.987. The van der Waals surface area contributed by atoms with Crippen LogP contribution in [0.4, 0.5) is 5.69 Å². The molecule has 0 radical (unpaired) electrons. The highest BCUT2D eigenvalue weighted by Crippen LogP contribution is 2.28. The highest BCUT2D eigenvalue weighted by atomic mass is 127. The molecule has 0 saturated heterocycles. The second-order valence-electron chi connectivity index (χ2n) is 6.83. The van der Waals surface area contributed by atoms with E-state index in [2.05, 4.69) is 52.0 Å². The van der Waals surface area contributed by atoms with Crippen molar-refractivity contribution in [3.8, 4) is 11.5 Å². The van der Waals surface area contributed by atoms with Crippen LogP contribution in [0.25, 0.3) is 0 Å². The Kier molecular flexibility index (Phi) is 11.4. The van der Waals surface area contributed by atoms with Crippen LogP contribution in [-0.4, -0.2) is 30.0 Å². The van der Waals surface area contributed by atoms with Gasteiger partial charge in [-0.05, 0) is 69.2 Å². The number of ether oxygens (including phenoxy) is 2. The van der Waals surface area contributed by atoms with Crippen molar-refractivity contribution in [1.29, 1.82) is 0 Å². The van der Waals surface area contributed by atoms with Gasteiger partial charge in [-0.25, -0.2) is 4.99 Å². The van der Waals surface area contributed by atoms with Crippen molar-refractivity contribution in [1.82, 2.24) is 4.90 Å². The number of halogens is 2. The second-order valence-corrected chi connectivity index (χ2v) is 8.92. The summed E-state index contributed by atoms with van der Waals surface area (Å²) in [4.78, 5) is 7.33. The fourth-order valence-electron chi connectivity index (χ4n) is 3.06. The van der Waals surface area contributed by atoms with Gasteiger partial charge in [0.1, 0.15) is 11.5 Å². The molecule has 0 aliphatic rings. The van der Waals surface area contributed by atoms with Crippen LogP contribution in [-0.2, 0) is 13.1 Å². The van der Waals surface area contributed by atoms with Crippen LogP contribution < -0.4 is 9.47 Å². The maximum absolute atomic E-state index is 5.31. The quantitative estimate of drug-likeness (QED) is 0.147. The minimum absolute atomic E-state index is 0. The molecule has 0 aromatic heterocycles. The fraction of sp³-hybridized carbons (Fsp3) is 0.240. The predicted molar refractivity (Wildman–Crippen MR) is 150 cm³/mol. The Morgan fingerprint density at radius 2 is 1.34 bits per heavy atom. The zero-order valence-corrected chi connectivity index (χ0v) is 23.2. The van der Waals surface area contributed by atoms with Gasteiger partial charge >= 0.3 is 0 Å². The molecular formula is C25H28BrIN2O2S. The lowest BCUT2D eigenvalue weighted by atomic mass is 10.1. The zero-order valence-electron chi connectivity index (χ0n) is 18.5. The number of methoxy groups -OCH3 is 2. The average Bonchev–Trinajstić information content (AvgIpc) is 2.80. The predicted octanol–water partition coefficient (Wildman–Crippen LogP) is 7.53. The van der Waals surface area contributed by atoms with Crippen LogP contribution in [0.2, 0.25) is 0 Å². The van der Waals surface area contributed by atoms with Gasteiger partial charge in [0.25, 0.3) is 0 Å². The van der Waals surface area contributed by atoms with Crippen molar-refractivity contribution >= 4 is 62.5 Å². The molecule has 0 unspecified atom stereocenters. The van der Waals surface area contributed by atoms with E-state index in [9.17, 15) is 0 Å². The third kappa shape index (κ3) is 7.71. The lowest BCUT2D eigenvalue weighted by Gasteiger charge is -2.26. The summed E-state index contributed by atoms with van der Waals surface area (Å²) in [5.41, 5.74) is 3.32. The van der Waals surface area contributed by atoms with Gasteiger partial charge in [-0.2, -0.15) is 0 Å². The number of hydrogen-bond donors (Lipinski definition) is 0. The topological polar surface area (TPSA) is 34.1 Å². The van der Waals surface area contributed by atoms with E-state index in [-0.39, 0.29) is 24.0 Å². The van der Waals surface area contributed by atoms with Crippen LogP contribution in [0.1, 0.15) is 18.1 Å². The summed E-state index contributed by atoms with van der Waals surface area (Å²) < 4.78 is 11.6. The monoisotopic (exact) mass is 626 g/mol. The first-order valence-electron chi connectivity index (χ1n) is 10.1. The number of nitrogens with zero attached hydrogens (tertiary/aromatic N) is 2. The summed E-state index contributed by atoms with van der Waals surface area (Å²) >= 11 is 5.38. The molecule has 0 saturated carbocycles. The lowest BCUT2D eigenvalue weighted by Crippen LogP contribution is -2.28. The van der Waals surface area contributed by atoms with Gasteiger partial charge in [-0.15, -0.1) is 24.0 Å². The number of aliphatic imine (C=N–C) groups is 1. The Labute approximate surface area is 220 Å². The van der Waals surface area contributed by atoms with Crippen molar-refractivity contribution in [2.75, 3.05) is 20.0 Å². The van der Waals surface area contributed by atoms with E-state index >= 15 is 0 Å². The van der Waals surface area contributed by atoms with Gasteiger partial charge < -0.3 is 14.4 Å². The molecule has 0 aliphatic carbocycles. The van der Waals surface area contributed by atoms with Crippen molar-refractivity contribution < 1.29 is 9.47 Å².